The van der Waals surface area contributed by atoms with E-state index in [9.17, 15) is 0 Å². The summed E-state index contributed by atoms with van der Waals surface area (Å²) in [6.45, 7) is 4.69. The maximum absolute atomic E-state index is 2.34. The van der Waals surface area contributed by atoms with E-state index in [4.69, 9.17) is 0 Å². The Morgan fingerprint density at radius 1 is 1.20 bits per heavy atom. The Morgan fingerprint density at radius 2 is 1.70 bits per heavy atom. The third-order valence-corrected chi connectivity index (χ3v) is 3.01. The maximum atomic E-state index is 2.34. The molecule has 0 unspecified atom stereocenters. The second-order valence-electron chi connectivity index (χ2n) is 3.94. The molecule has 0 nitrogen and oxygen atoms in total. The SMILES string of the molecule is CC1(C)Cc2cscc2C1. The molecule has 1 heterocycles. The average molecular weight is 152 g/mol. The largest absolute Gasteiger partial charge is 0.152 e. The Hall–Kier alpha value is -0.300. The van der Waals surface area contributed by atoms with Gasteiger partial charge in [0.2, 0.25) is 0 Å². The van der Waals surface area contributed by atoms with Gasteiger partial charge < -0.3 is 0 Å². The standard InChI is InChI=1S/C9H12S/c1-9(2)3-7-5-10-6-8(7)4-9/h5-6H,3-4H2,1-2H3. The summed E-state index contributed by atoms with van der Waals surface area (Å²) in [5.41, 5.74) is 3.73. The summed E-state index contributed by atoms with van der Waals surface area (Å²) in [5, 5.41) is 4.59. The summed E-state index contributed by atoms with van der Waals surface area (Å²) >= 11 is 1.84. The fourth-order valence-electron chi connectivity index (χ4n) is 1.75. The van der Waals surface area contributed by atoms with Crippen molar-refractivity contribution in [2.75, 3.05) is 0 Å². The molecule has 0 fully saturated rings. The van der Waals surface area contributed by atoms with Crippen molar-refractivity contribution < 1.29 is 0 Å². The van der Waals surface area contributed by atoms with Crippen LogP contribution in [-0.2, 0) is 12.8 Å². The number of rotatable bonds is 0. The quantitative estimate of drug-likeness (QED) is 0.536. The van der Waals surface area contributed by atoms with Crippen LogP contribution in [0.1, 0.15) is 25.0 Å². The topological polar surface area (TPSA) is 0 Å². The number of fused-ring (bicyclic) bond motifs is 1. The summed E-state index contributed by atoms with van der Waals surface area (Å²) < 4.78 is 0. The minimum atomic E-state index is 0.540. The van der Waals surface area contributed by atoms with E-state index in [1.165, 1.54) is 12.8 Å². The molecule has 0 bridgehead atoms. The number of hydrogen-bond donors (Lipinski definition) is 0. The van der Waals surface area contributed by atoms with Gasteiger partial charge in [-0.05, 0) is 40.1 Å². The molecule has 0 amide bonds. The van der Waals surface area contributed by atoms with Crippen molar-refractivity contribution in [3.63, 3.8) is 0 Å². The van der Waals surface area contributed by atoms with Crippen molar-refractivity contribution in [2.45, 2.75) is 26.7 Å². The van der Waals surface area contributed by atoms with Crippen LogP contribution in [-0.4, -0.2) is 0 Å². The van der Waals surface area contributed by atoms with E-state index in [0.717, 1.165) is 0 Å². The molecule has 1 aromatic heterocycles. The van der Waals surface area contributed by atoms with Gasteiger partial charge in [0.1, 0.15) is 0 Å². The molecule has 0 saturated heterocycles. The Morgan fingerprint density at radius 3 is 2.20 bits per heavy atom. The highest BCUT2D eigenvalue weighted by Crippen LogP contribution is 2.37. The molecular weight excluding hydrogens is 140 g/mol. The first-order valence-electron chi connectivity index (χ1n) is 3.71. The van der Waals surface area contributed by atoms with E-state index in [1.54, 1.807) is 11.1 Å². The third-order valence-electron chi connectivity index (χ3n) is 2.17. The predicted octanol–water partition coefficient (Wildman–Crippen LogP) is 2.87. The molecule has 0 saturated carbocycles. The van der Waals surface area contributed by atoms with Gasteiger partial charge in [0.05, 0.1) is 0 Å². The first kappa shape index (κ1) is 6.41. The van der Waals surface area contributed by atoms with E-state index in [1.807, 2.05) is 11.3 Å². The molecule has 1 heteroatoms. The highest BCUT2D eigenvalue weighted by atomic mass is 32.1. The maximum Gasteiger partial charge on any atom is -0.00582 e. The van der Waals surface area contributed by atoms with Gasteiger partial charge in [-0.1, -0.05) is 13.8 Å². The molecule has 0 spiro atoms. The second-order valence-corrected chi connectivity index (χ2v) is 4.68. The fourth-order valence-corrected chi connectivity index (χ4v) is 2.62. The van der Waals surface area contributed by atoms with E-state index in [2.05, 4.69) is 24.6 Å². The Kier molecular flexibility index (Phi) is 1.19. The van der Waals surface area contributed by atoms with Crippen LogP contribution in [0.5, 0.6) is 0 Å². The fraction of sp³-hybridized carbons (Fsp3) is 0.556. The van der Waals surface area contributed by atoms with Gasteiger partial charge >= 0.3 is 0 Å². The van der Waals surface area contributed by atoms with Crippen molar-refractivity contribution in [1.82, 2.24) is 0 Å². The lowest BCUT2D eigenvalue weighted by atomic mass is 9.90. The molecule has 1 aliphatic rings. The van der Waals surface area contributed by atoms with Crippen LogP contribution < -0.4 is 0 Å². The molecule has 0 radical (unpaired) electrons. The van der Waals surface area contributed by atoms with Crippen LogP contribution in [0.4, 0.5) is 0 Å². The molecule has 10 heavy (non-hydrogen) atoms. The molecule has 0 atom stereocenters. The van der Waals surface area contributed by atoms with Crippen molar-refractivity contribution in [3.05, 3.63) is 21.9 Å². The van der Waals surface area contributed by atoms with Gasteiger partial charge in [-0.3, -0.25) is 0 Å². The van der Waals surface area contributed by atoms with Crippen LogP contribution >= 0.6 is 11.3 Å². The minimum absolute atomic E-state index is 0.540. The Balaban J connectivity index is 2.37. The van der Waals surface area contributed by atoms with E-state index in [-0.39, 0.29) is 0 Å². The zero-order valence-electron chi connectivity index (χ0n) is 6.48. The lowest BCUT2D eigenvalue weighted by molar-refractivity contribution is 0.392. The molecule has 1 aromatic rings. The molecule has 54 valence electrons. The summed E-state index contributed by atoms with van der Waals surface area (Å²) in [7, 11) is 0. The van der Waals surface area contributed by atoms with Crippen LogP contribution in [0, 0.1) is 5.41 Å². The first-order valence-corrected chi connectivity index (χ1v) is 4.66. The summed E-state index contributed by atoms with van der Waals surface area (Å²) in [6, 6.07) is 0. The molecule has 2 rings (SSSR count). The summed E-state index contributed by atoms with van der Waals surface area (Å²) in [6.07, 6.45) is 2.57. The van der Waals surface area contributed by atoms with Gasteiger partial charge in [0, 0.05) is 0 Å². The third kappa shape index (κ3) is 0.891. The minimum Gasteiger partial charge on any atom is -0.152 e. The monoisotopic (exact) mass is 152 g/mol. The normalized spacial score (nSPS) is 21.0. The second kappa shape index (κ2) is 1.85. The van der Waals surface area contributed by atoms with Crippen LogP contribution in [0.2, 0.25) is 0 Å². The lowest BCUT2D eigenvalue weighted by Gasteiger charge is -2.15. The average Bonchev–Trinajstić information content (AvgIpc) is 2.20. The molecule has 0 aliphatic heterocycles. The lowest BCUT2D eigenvalue weighted by Crippen LogP contribution is -2.09. The van der Waals surface area contributed by atoms with Crippen LogP contribution in [0.3, 0.4) is 0 Å². The summed E-state index contributed by atoms with van der Waals surface area (Å²) in [5.74, 6) is 0. The summed E-state index contributed by atoms with van der Waals surface area (Å²) in [4.78, 5) is 0. The predicted molar refractivity (Wildman–Crippen MR) is 45.5 cm³/mol. The zero-order valence-corrected chi connectivity index (χ0v) is 7.29. The van der Waals surface area contributed by atoms with Crippen LogP contribution in [0.15, 0.2) is 10.8 Å². The highest BCUT2D eigenvalue weighted by molar-refractivity contribution is 7.08. The van der Waals surface area contributed by atoms with Gasteiger partial charge in [-0.25, -0.2) is 0 Å². The van der Waals surface area contributed by atoms with Crippen molar-refractivity contribution >= 4 is 11.3 Å². The zero-order chi connectivity index (χ0) is 7.19. The number of hydrogen-bond acceptors (Lipinski definition) is 1. The molecule has 1 aliphatic carbocycles. The molecule has 0 aromatic carbocycles. The Labute approximate surface area is 65.9 Å². The van der Waals surface area contributed by atoms with E-state index >= 15 is 0 Å². The van der Waals surface area contributed by atoms with E-state index < -0.39 is 0 Å². The smallest absolute Gasteiger partial charge is 0.00582 e. The number of thiophene rings is 1. The van der Waals surface area contributed by atoms with Gasteiger partial charge in [-0.15, -0.1) is 0 Å². The van der Waals surface area contributed by atoms with E-state index in [0.29, 0.717) is 5.41 Å². The van der Waals surface area contributed by atoms with Gasteiger partial charge in [0.25, 0.3) is 0 Å². The van der Waals surface area contributed by atoms with Crippen molar-refractivity contribution in [3.8, 4) is 0 Å². The van der Waals surface area contributed by atoms with Crippen molar-refractivity contribution in [2.24, 2.45) is 5.41 Å². The van der Waals surface area contributed by atoms with Gasteiger partial charge in [0.15, 0.2) is 0 Å². The molecule has 0 N–H and O–H groups in total. The van der Waals surface area contributed by atoms with Crippen LogP contribution in [0.25, 0.3) is 0 Å². The molecular formula is C9H12S. The Bertz CT molecular complexity index is 222. The first-order chi connectivity index (χ1) is 4.67. The van der Waals surface area contributed by atoms with Crippen molar-refractivity contribution in [1.29, 1.82) is 0 Å². The van der Waals surface area contributed by atoms with Gasteiger partial charge in [-0.2, -0.15) is 11.3 Å². The highest BCUT2D eigenvalue weighted by Gasteiger charge is 2.28.